The Labute approximate surface area is 185 Å². The van der Waals surface area contributed by atoms with Crippen molar-refractivity contribution in [2.75, 3.05) is 0 Å². The predicted molar refractivity (Wildman–Crippen MR) is 116 cm³/mol. The monoisotopic (exact) mass is 444 g/mol. The lowest BCUT2D eigenvalue weighted by molar-refractivity contribution is -0.195. The molecule has 0 aliphatic carbocycles. The Morgan fingerprint density at radius 2 is 1.35 bits per heavy atom. The largest absolute Gasteiger partial charge is 0.481 e. The summed E-state index contributed by atoms with van der Waals surface area (Å²) < 4.78 is 5.11. The van der Waals surface area contributed by atoms with Crippen LogP contribution in [0.1, 0.15) is 104 Å². The molecule has 0 fully saturated rings. The van der Waals surface area contributed by atoms with Gasteiger partial charge in [-0.2, -0.15) is 0 Å². The van der Waals surface area contributed by atoms with Gasteiger partial charge >= 0.3 is 23.9 Å². The molecule has 0 heterocycles. The van der Waals surface area contributed by atoms with Crippen LogP contribution in [0.3, 0.4) is 0 Å². The molecular formula is C23H40O8. The van der Waals surface area contributed by atoms with E-state index in [2.05, 4.69) is 13.8 Å². The molecule has 0 aromatic rings. The van der Waals surface area contributed by atoms with Crippen LogP contribution in [0.2, 0.25) is 0 Å². The number of carboxylic acids is 3. The van der Waals surface area contributed by atoms with Crippen LogP contribution in [0, 0.1) is 11.8 Å². The highest BCUT2D eigenvalue weighted by Crippen LogP contribution is 2.33. The SMILES string of the molecule is CCCCCC(=O)OC(CC(=O)O)(C(=O)O)C(CCCCCCCCC(C)C)C(=O)O. The summed E-state index contributed by atoms with van der Waals surface area (Å²) in [6.45, 7) is 6.28. The standard InChI is InChI=1S/C23H40O8/c1-4-5-10-15-20(26)31-23(22(29)30,16-19(24)25)18(21(27)28)14-12-9-7-6-8-11-13-17(2)3/h17-18H,4-16H2,1-3H3,(H,24,25)(H,27,28)(H,29,30). The quantitative estimate of drug-likeness (QED) is 0.189. The zero-order valence-electron chi connectivity index (χ0n) is 19.2. The van der Waals surface area contributed by atoms with Gasteiger partial charge in [-0.1, -0.05) is 78.6 Å². The van der Waals surface area contributed by atoms with Crippen molar-refractivity contribution in [2.45, 2.75) is 110 Å². The van der Waals surface area contributed by atoms with Crippen LogP contribution < -0.4 is 0 Å². The molecule has 0 rings (SSSR count). The number of carbonyl (C=O) groups excluding carboxylic acids is 1. The molecule has 0 spiro atoms. The van der Waals surface area contributed by atoms with Crippen LogP contribution in [0.5, 0.6) is 0 Å². The Balaban J connectivity index is 5.10. The van der Waals surface area contributed by atoms with E-state index in [-0.39, 0.29) is 12.8 Å². The molecule has 0 radical (unpaired) electrons. The third kappa shape index (κ3) is 11.7. The number of carboxylic acid groups (broad SMARTS) is 3. The van der Waals surface area contributed by atoms with E-state index in [0.29, 0.717) is 25.2 Å². The van der Waals surface area contributed by atoms with Crippen LogP contribution in [0.15, 0.2) is 0 Å². The van der Waals surface area contributed by atoms with Gasteiger partial charge < -0.3 is 20.1 Å². The van der Waals surface area contributed by atoms with E-state index in [1.54, 1.807) is 0 Å². The summed E-state index contributed by atoms with van der Waals surface area (Å²) in [6, 6.07) is 0. The van der Waals surface area contributed by atoms with Gasteiger partial charge in [0, 0.05) is 6.42 Å². The topological polar surface area (TPSA) is 138 Å². The summed E-state index contributed by atoms with van der Waals surface area (Å²) in [4.78, 5) is 47.5. The molecule has 8 nitrogen and oxygen atoms in total. The fourth-order valence-electron chi connectivity index (χ4n) is 3.66. The van der Waals surface area contributed by atoms with E-state index in [0.717, 1.165) is 38.5 Å². The smallest absolute Gasteiger partial charge is 0.349 e. The molecule has 0 aromatic carbocycles. The zero-order chi connectivity index (χ0) is 23.9. The summed E-state index contributed by atoms with van der Waals surface area (Å²) in [6.07, 6.45) is 7.22. The van der Waals surface area contributed by atoms with Gasteiger partial charge in [0.15, 0.2) is 0 Å². The Morgan fingerprint density at radius 3 is 1.81 bits per heavy atom. The van der Waals surface area contributed by atoms with Gasteiger partial charge in [0.25, 0.3) is 0 Å². The molecule has 2 atom stereocenters. The third-order valence-electron chi connectivity index (χ3n) is 5.44. The van der Waals surface area contributed by atoms with Crippen LogP contribution in [0.4, 0.5) is 0 Å². The van der Waals surface area contributed by atoms with Gasteiger partial charge in [-0.05, 0) is 18.8 Å². The molecule has 0 aromatic heterocycles. The van der Waals surface area contributed by atoms with E-state index in [4.69, 9.17) is 4.74 Å². The third-order valence-corrected chi connectivity index (χ3v) is 5.44. The van der Waals surface area contributed by atoms with Crippen molar-refractivity contribution < 1.29 is 39.2 Å². The first-order valence-corrected chi connectivity index (χ1v) is 11.5. The first-order valence-electron chi connectivity index (χ1n) is 11.5. The van der Waals surface area contributed by atoms with Gasteiger partial charge in [0.2, 0.25) is 5.60 Å². The normalized spacial score (nSPS) is 14.1. The Kier molecular flexibility index (Phi) is 14.6. The second-order valence-electron chi connectivity index (χ2n) is 8.68. The Hall–Kier alpha value is -2.12. The lowest BCUT2D eigenvalue weighted by Gasteiger charge is -2.33. The highest BCUT2D eigenvalue weighted by atomic mass is 16.6. The molecular weight excluding hydrogens is 404 g/mol. The number of aliphatic carboxylic acids is 3. The maximum Gasteiger partial charge on any atom is 0.349 e. The average molecular weight is 445 g/mol. The lowest BCUT2D eigenvalue weighted by atomic mass is 9.80. The average Bonchev–Trinajstić information content (AvgIpc) is 2.65. The minimum Gasteiger partial charge on any atom is -0.481 e. The number of hydrogen-bond acceptors (Lipinski definition) is 5. The highest BCUT2D eigenvalue weighted by Gasteiger charge is 2.54. The minimum absolute atomic E-state index is 0.0663. The fraction of sp³-hybridized carbons (Fsp3) is 0.826. The fourth-order valence-corrected chi connectivity index (χ4v) is 3.66. The molecule has 0 bridgehead atoms. The number of unbranched alkanes of at least 4 members (excludes halogenated alkanes) is 7. The molecule has 0 saturated heterocycles. The summed E-state index contributed by atoms with van der Waals surface area (Å²) in [5.41, 5.74) is -2.61. The van der Waals surface area contributed by atoms with Crippen LogP contribution in [-0.4, -0.2) is 44.8 Å². The first-order chi connectivity index (χ1) is 14.6. The summed E-state index contributed by atoms with van der Waals surface area (Å²) >= 11 is 0. The molecule has 8 heteroatoms. The van der Waals surface area contributed by atoms with Gasteiger partial charge in [-0.3, -0.25) is 14.4 Å². The molecule has 3 N–H and O–H groups in total. The van der Waals surface area contributed by atoms with Crippen molar-refractivity contribution in [2.24, 2.45) is 11.8 Å². The summed E-state index contributed by atoms with van der Waals surface area (Å²) in [7, 11) is 0. The molecule has 0 aliphatic heterocycles. The minimum atomic E-state index is -2.61. The lowest BCUT2D eigenvalue weighted by Crippen LogP contribution is -2.54. The summed E-state index contributed by atoms with van der Waals surface area (Å²) in [5.74, 6) is -6.58. The van der Waals surface area contributed by atoms with Crippen molar-refractivity contribution in [1.29, 1.82) is 0 Å². The van der Waals surface area contributed by atoms with Gasteiger partial charge in [-0.15, -0.1) is 0 Å². The zero-order valence-corrected chi connectivity index (χ0v) is 19.2. The maximum atomic E-state index is 12.2. The molecule has 0 amide bonds. The number of ether oxygens (including phenoxy) is 1. The molecule has 2 unspecified atom stereocenters. The van der Waals surface area contributed by atoms with Gasteiger partial charge in [0.1, 0.15) is 5.92 Å². The Bertz CT molecular complexity index is 572. The van der Waals surface area contributed by atoms with Crippen molar-refractivity contribution in [3.63, 3.8) is 0 Å². The highest BCUT2D eigenvalue weighted by molar-refractivity contribution is 5.92. The molecule has 31 heavy (non-hydrogen) atoms. The van der Waals surface area contributed by atoms with Crippen molar-refractivity contribution in [3.05, 3.63) is 0 Å². The van der Waals surface area contributed by atoms with Crippen molar-refractivity contribution >= 4 is 23.9 Å². The number of carbonyl (C=O) groups is 4. The van der Waals surface area contributed by atoms with E-state index in [1.807, 2.05) is 6.92 Å². The van der Waals surface area contributed by atoms with Gasteiger partial charge in [0.05, 0.1) is 6.42 Å². The van der Waals surface area contributed by atoms with E-state index in [9.17, 15) is 34.5 Å². The van der Waals surface area contributed by atoms with E-state index >= 15 is 0 Å². The number of esters is 1. The van der Waals surface area contributed by atoms with Crippen LogP contribution in [-0.2, 0) is 23.9 Å². The summed E-state index contributed by atoms with van der Waals surface area (Å²) in [5, 5.41) is 28.7. The predicted octanol–water partition coefficient (Wildman–Crippen LogP) is 4.89. The first kappa shape index (κ1) is 28.9. The second kappa shape index (κ2) is 15.6. The van der Waals surface area contributed by atoms with Gasteiger partial charge in [-0.25, -0.2) is 4.79 Å². The van der Waals surface area contributed by atoms with E-state index in [1.165, 1.54) is 6.42 Å². The second-order valence-corrected chi connectivity index (χ2v) is 8.68. The van der Waals surface area contributed by atoms with Crippen molar-refractivity contribution in [3.8, 4) is 0 Å². The molecule has 0 aliphatic rings. The van der Waals surface area contributed by atoms with Crippen LogP contribution in [0.25, 0.3) is 0 Å². The van der Waals surface area contributed by atoms with Crippen LogP contribution >= 0.6 is 0 Å². The molecule has 180 valence electrons. The Morgan fingerprint density at radius 1 is 0.806 bits per heavy atom. The van der Waals surface area contributed by atoms with Crippen molar-refractivity contribution in [1.82, 2.24) is 0 Å². The molecule has 0 saturated carbocycles. The maximum absolute atomic E-state index is 12.2. The number of rotatable bonds is 19. The van der Waals surface area contributed by atoms with E-state index < -0.39 is 41.8 Å². The number of hydrogen-bond donors (Lipinski definition) is 3.